The van der Waals surface area contributed by atoms with E-state index < -0.39 is 11.8 Å². The second-order valence-corrected chi connectivity index (χ2v) is 8.43. The molecule has 4 rings (SSSR count). The first kappa shape index (κ1) is 22.8. The summed E-state index contributed by atoms with van der Waals surface area (Å²) in [7, 11) is 0. The minimum atomic E-state index is -0.969. The van der Waals surface area contributed by atoms with Crippen LogP contribution in [0, 0.1) is 5.82 Å². The molecule has 6 N–H and O–H groups in total. The molecule has 1 aliphatic rings. The van der Waals surface area contributed by atoms with Crippen LogP contribution in [0.2, 0.25) is 0 Å². The summed E-state index contributed by atoms with van der Waals surface area (Å²) in [4.78, 5) is 12.3. The molecule has 0 radical (unpaired) electrons. The van der Waals surface area contributed by atoms with Gasteiger partial charge in [-0.2, -0.15) is 0 Å². The van der Waals surface area contributed by atoms with Crippen molar-refractivity contribution in [2.45, 2.75) is 38.0 Å². The van der Waals surface area contributed by atoms with Crippen LogP contribution in [-0.4, -0.2) is 23.1 Å². The maximum Gasteiger partial charge on any atom is 0.244 e. The lowest BCUT2D eigenvalue weighted by Gasteiger charge is -2.36. The van der Waals surface area contributed by atoms with Gasteiger partial charge in [-0.15, -0.1) is 0 Å². The first-order valence-electron chi connectivity index (χ1n) is 11.2. The number of nitrogens with two attached hydrogens (primary N) is 1. The monoisotopic (exact) mass is 448 g/mol. The van der Waals surface area contributed by atoms with Crippen molar-refractivity contribution < 1.29 is 14.3 Å². The second kappa shape index (κ2) is 9.60. The molecule has 1 unspecified atom stereocenters. The molecule has 3 aromatic carbocycles. The van der Waals surface area contributed by atoms with Crippen molar-refractivity contribution in [2.75, 3.05) is 22.5 Å². The molecule has 6 nitrogen and oxygen atoms in total. The van der Waals surface area contributed by atoms with Gasteiger partial charge in [0.2, 0.25) is 5.91 Å². The first-order valence-corrected chi connectivity index (χ1v) is 11.2. The average molecular weight is 449 g/mol. The predicted octanol–water partition coefficient (Wildman–Crippen LogP) is 4.85. The number of rotatable bonds is 8. The van der Waals surface area contributed by atoms with Crippen LogP contribution in [0.15, 0.2) is 66.7 Å². The Morgan fingerprint density at radius 3 is 2.30 bits per heavy atom. The Hall–Kier alpha value is -3.42. The maximum absolute atomic E-state index is 13.3. The van der Waals surface area contributed by atoms with E-state index in [1.54, 1.807) is 36.4 Å². The number of carbonyl (C=O) groups excluding carboxylic acids is 1. The Balaban J connectivity index is 1.49. The van der Waals surface area contributed by atoms with E-state index in [0.717, 1.165) is 35.5 Å². The van der Waals surface area contributed by atoms with Gasteiger partial charge in [-0.25, -0.2) is 4.39 Å². The molecule has 0 heterocycles. The minimum absolute atomic E-state index is 0.173. The number of benzene rings is 3. The number of aliphatic hydroxyl groups excluding tert-OH is 1. The summed E-state index contributed by atoms with van der Waals surface area (Å²) in [5, 5.41) is 20.1. The van der Waals surface area contributed by atoms with Crippen LogP contribution in [0.1, 0.15) is 38.0 Å². The largest absolute Gasteiger partial charge is 0.384 e. The van der Waals surface area contributed by atoms with Crippen LogP contribution in [-0.2, 0) is 4.79 Å². The summed E-state index contributed by atoms with van der Waals surface area (Å²) < 4.78 is 13.3. The number of hydrogen-bond acceptors (Lipinski definition) is 5. The molecule has 0 aliphatic heterocycles. The minimum Gasteiger partial charge on any atom is -0.384 e. The lowest BCUT2D eigenvalue weighted by atomic mass is 9.77. The Morgan fingerprint density at radius 1 is 1.03 bits per heavy atom. The van der Waals surface area contributed by atoms with Gasteiger partial charge < -0.3 is 26.8 Å². The zero-order chi connectivity index (χ0) is 23.4. The van der Waals surface area contributed by atoms with E-state index in [9.17, 15) is 14.3 Å². The summed E-state index contributed by atoms with van der Waals surface area (Å²) in [6.07, 6.45) is 1.40. The van der Waals surface area contributed by atoms with Gasteiger partial charge in [0.15, 0.2) is 6.23 Å². The summed E-state index contributed by atoms with van der Waals surface area (Å²) in [6, 6.07) is 19.1. The Bertz CT molecular complexity index is 1110. The number of carbonyl (C=O) groups is 1. The number of hydrogen-bond donors (Lipinski definition) is 5. The van der Waals surface area contributed by atoms with Crippen LogP contribution in [0.3, 0.4) is 0 Å². The van der Waals surface area contributed by atoms with Gasteiger partial charge in [-0.3, -0.25) is 4.79 Å². The number of amides is 1. The summed E-state index contributed by atoms with van der Waals surface area (Å²) in [6.45, 7) is 2.72. The van der Waals surface area contributed by atoms with Crippen LogP contribution in [0.4, 0.5) is 21.5 Å². The molecule has 1 amide bonds. The van der Waals surface area contributed by atoms with Gasteiger partial charge in [-0.1, -0.05) is 30.3 Å². The van der Waals surface area contributed by atoms with Crippen LogP contribution < -0.4 is 21.7 Å². The fourth-order valence-electron chi connectivity index (χ4n) is 3.85. The summed E-state index contributed by atoms with van der Waals surface area (Å²) in [5.74, 6) is -0.459. The Kier molecular flexibility index (Phi) is 6.62. The maximum atomic E-state index is 13.3. The lowest BCUT2D eigenvalue weighted by molar-refractivity contribution is -0.123. The van der Waals surface area contributed by atoms with E-state index >= 15 is 0 Å². The van der Waals surface area contributed by atoms with Crippen LogP contribution in [0.5, 0.6) is 0 Å². The fraction of sp³-hybridized carbons (Fsp3) is 0.269. The highest BCUT2D eigenvalue weighted by atomic mass is 19.1. The predicted molar refractivity (Wildman–Crippen MR) is 130 cm³/mol. The number of aliphatic hydroxyl groups is 1. The van der Waals surface area contributed by atoms with Gasteiger partial charge in [0.1, 0.15) is 5.82 Å². The van der Waals surface area contributed by atoms with Crippen molar-refractivity contribution in [1.29, 1.82) is 0 Å². The van der Waals surface area contributed by atoms with Crippen molar-refractivity contribution >= 4 is 23.0 Å². The van der Waals surface area contributed by atoms with Crippen LogP contribution in [0.25, 0.3) is 11.1 Å². The Labute approximate surface area is 193 Å². The molecule has 1 saturated carbocycles. The van der Waals surface area contributed by atoms with Gasteiger partial charge >= 0.3 is 0 Å². The standard InChI is InChI=1S/C26H29FN4O2/c1-2-29-22-13-8-19(17-4-9-20(27)10-5-17)16-23(22)31-24(32)18-6-11-21(12-7-18)30-25(33)26(28)14-3-15-26/h4-13,16,24,29,31-32H,2-3,14-15,28H2,1H3,(H,30,33). The van der Waals surface area contributed by atoms with Crippen LogP contribution >= 0.6 is 0 Å². The molecule has 7 heteroatoms. The van der Waals surface area contributed by atoms with Crippen molar-refractivity contribution in [1.82, 2.24) is 0 Å². The molecular weight excluding hydrogens is 419 g/mol. The molecule has 33 heavy (non-hydrogen) atoms. The van der Waals surface area contributed by atoms with E-state index in [1.807, 2.05) is 25.1 Å². The molecule has 1 atom stereocenters. The highest BCUT2D eigenvalue weighted by Gasteiger charge is 2.40. The molecule has 1 aliphatic carbocycles. The van der Waals surface area contributed by atoms with E-state index in [0.29, 0.717) is 24.1 Å². The third kappa shape index (κ3) is 5.16. The zero-order valence-corrected chi connectivity index (χ0v) is 18.6. The SMILES string of the molecule is CCNc1ccc(-c2ccc(F)cc2)cc1NC(O)c1ccc(NC(=O)C2(N)CCC2)cc1. The zero-order valence-electron chi connectivity index (χ0n) is 18.6. The first-order chi connectivity index (χ1) is 15.9. The molecule has 3 aromatic rings. The van der Waals surface area contributed by atoms with Crippen molar-refractivity contribution in [3.05, 3.63) is 78.1 Å². The third-order valence-electron chi connectivity index (χ3n) is 6.04. The molecule has 172 valence electrons. The van der Waals surface area contributed by atoms with E-state index in [2.05, 4.69) is 16.0 Å². The molecule has 0 aromatic heterocycles. The smallest absolute Gasteiger partial charge is 0.244 e. The van der Waals surface area contributed by atoms with Gasteiger partial charge in [0.05, 0.1) is 16.9 Å². The Morgan fingerprint density at radius 2 is 1.70 bits per heavy atom. The molecule has 0 saturated heterocycles. The fourth-order valence-corrected chi connectivity index (χ4v) is 3.85. The molecule has 0 spiro atoms. The van der Waals surface area contributed by atoms with E-state index in [1.165, 1.54) is 12.1 Å². The summed E-state index contributed by atoms with van der Waals surface area (Å²) in [5.41, 5.74) is 9.93. The lowest BCUT2D eigenvalue weighted by Crippen LogP contribution is -2.56. The highest BCUT2D eigenvalue weighted by molar-refractivity contribution is 5.98. The number of halogens is 1. The van der Waals surface area contributed by atoms with Gasteiger partial charge in [0.25, 0.3) is 0 Å². The molecule has 0 bridgehead atoms. The highest BCUT2D eigenvalue weighted by Crippen LogP contribution is 2.32. The number of nitrogens with one attached hydrogen (secondary N) is 3. The van der Waals surface area contributed by atoms with Crippen molar-refractivity contribution in [3.8, 4) is 11.1 Å². The topological polar surface area (TPSA) is 99.4 Å². The average Bonchev–Trinajstić information content (AvgIpc) is 2.79. The van der Waals surface area contributed by atoms with E-state index in [-0.39, 0.29) is 11.7 Å². The summed E-state index contributed by atoms with van der Waals surface area (Å²) >= 11 is 0. The van der Waals surface area contributed by atoms with E-state index in [4.69, 9.17) is 5.73 Å². The second-order valence-electron chi connectivity index (χ2n) is 8.43. The normalized spacial score (nSPS) is 15.3. The molecule has 1 fully saturated rings. The van der Waals surface area contributed by atoms with Crippen molar-refractivity contribution in [3.63, 3.8) is 0 Å². The van der Waals surface area contributed by atoms with Gasteiger partial charge in [-0.05, 0) is 73.7 Å². The van der Waals surface area contributed by atoms with Gasteiger partial charge in [0, 0.05) is 17.8 Å². The third-order valence-corrected chi connectivity index (χ3v) is 6.04. The quantitative estimate of drug-likeness (QED) is 0.317. The van der Waals surface area contributed by atoms with Crippen molar-refractivity contribution in [2.24, 2.45) is 5.73 Å². The molecular formula is C26H29FN4O2. The number of anilines is 3.